The lowest BCUT2D eigenvalue weighted by atomic mass is 10.2. The van der Waals surface area contributed by atoms with Gasteiger partial charge in [0.1, 0.15) is 18.4 Å². The number of nitrogens with zero attached hydrogens (tertiary/aromatic N) is 2. The number of nitriles is 1. The number of methoxy groups -OCH3 is 1. The zero-order valence-corrected chi connectivity index (χ0v) is 17.4. The summed E-state index contributed by atoms with van der Waals surface area (Å²) in [6, 6.07) is 14.5. The van der Waals surface area contributed by atoms with Crippen LogP contribution in [0.2, 0.25) is 0 Å². The maximum absolute atomic E-state index is 12.6. The van der Waals surface area contributed by atoms with Crippen LogP contribution >= 0.6 is 11.8 Å². The second-order valence-corrected chi connectivity index (χ2v) is 7.35. The number of hydrogen-bond donors (Lipinski definition) is 0. The highest BCUT2D eigenvalue weighted by Crippen LogP contribution is 2.34. The molecule has 0 spiro atoms. The highest BCUT2D eigenvalue weighted by molar-refractivity contribution is 8.18. The molecule has 0 atom stereocenters. The van der Waals surface area contributed by atoms with E-state index in [1.807, 2.05) is 37.3 Å². The van der Waals surface area contributed by atoms with E-state index in [1.165, 1.54) is 12.0 Å². The lowest BCUT2D eigenvalue weighted by molar-refractivity contribution is -0.123. The number of benzene rings is 2. The molecule has 1 fully saturated rings. The van der Waals surface area contributed by atoms with Gasteiger partial charge in [-0.2, -0.15) is 5.26 Å². The maximum Gasteiger partial charge on any atom is 0.293 e. The van der Waals surface area contributed by atoms with Crippen molar-refractivity contribution in [2.45, 2.75) is 6.92 Å². The first-order valence-corrected chi connectivity index (χ1v) is 9.96. The molecule has 0 aromatic heterocycles. The van der Waals surface area contributed by atoms with E-state index in [2.05, 4.69) is 0 Å². The lowest BCUT2D eigenvalue weighted by Gasteiger charge is -2.13. The van der Waals surface area contributed by atoms with E-state index in [-0.39, 0.29) is 30.9 Å². The minimum atomic E-state index is -0.360. The zero-order chi connectivity index (χ0) is 21.5. The fourth-order valence-corrected chi connectivity index (χ4v) is 3.60. The van der Waals surface area contributed by atoms with E-state index < -0.39 is 0 Å². The summed E-state index contributed by atoms with van der Waals surface area (Å²) in [5.74, 6) is 1.19. The van der Waals surface area contributed by atoms with Gasteiger partial charge in [0, 0.05) is 0 Å². The van der Waals surface area contributed by atoms with Gasteiger partial charge in [0.05, 0.1) is 18.6 Å². The van der Waals surface area contributed by atoms with Gasteiger partial charge in [-0.15, -0.1) is 0 Å². The van der Waals surface area contributed by atoms with Crippen LogP contribution in [0.1, 0.15) is 11.1 Å². The van der Waals surface area contributed by atoms with E-state index in [0.717, 1.165) is 17.3 Å². The van der Waals surface area contributed by atoms with Gasteiger partial charge in [-0.3, -0.25) is 14.5 Å². The average molecular weight is 424 g/mol. The van der Waals surface area contributed by atoms with Gasteiger partial charge in [0.25, 0.3) is 11.1 Å². The highest BCUT2D eigenvalue weighted by atomic mass is 32.2. The van der Waals surface area contributed by atoms with E-state index in [0.29, 0.717) is 27.7 Å². The molecular weight excluding hydrogens is 404 g/mol. The smallest absolute Gasteiger partial charge is 0.293 e. The molecule has 8 heteroatoms. The van der Waals surface area contributed by atoms with E-state index in [9.17, 15) is 9.59 Å². The fourth-order valence-electron chi connectivity index (χ4n) is 2.74. The van der Waals surface area contributed by atoms with Gasteiger partial charge >= 0.3 is 0 Å². The van der Waals surface area contributed by atoms with Crippen LogP contribution in [0.15, 0.2) is 47.4 Å². The first kappa shape index (κ1) is 21.3. The Kier molecular flexibility index (Phi) is 6.99. The number of rotatable bonds is 8. The van der Waals surface area contributed by atoms with Gasteiger partial charge in [0.15, 0.2) is 18.1 Å². The van der Waals surface area contributed by atoms with Crippen LogP contribution in [-0.4, -0.2) is 42.9 Å². The van der Waals surface area contributed by atoms with Crippen molar-refractivity contribution in [3.05, 3.63) is 58.5 Å². The van der Waals surface area contributed by atoms with Crippen LogP contribution in [0.25, 0.3) is 6.08 Å². The second kappa shape index (κ2) is 9.85. The Labute approximate surface area is 178 Å². The molecule has 1 aliphatic rings. The van der Waals surface area contributed by atoms with Crippen molar-refractivity contribution >= 4 is 29.0 Å². The highest BCUT2D eigenvalue weighted by Gasteiger charge is 2.34. The third-order valence-corrected chi connectivity index (χ3v) is 5.16. The van der Waals surface area contributed by atoms with Gasteiger partial charge in [-0.1, -0.05) is 23.8 Å². The molecule has 2 amide bonds. The predicted octanol–water partition coefficient (Wildman–Crippen LogP) is 4.02. The Morgan fingerprint density at radius 1 is 1.10 bits per heavy atom. The normalized spacial score (nSPS) is 14.7. The number of aryl methyl sites for hydroxylation is 1. The van der Waals surface area contributed by atoms with Crippen molar-refractivity contribution in [2.24, 2.45) is 0 Å². The molecule has 2 aromatic carbocycles. The van der Waals surface area contributed by atoms with Gasteiger partial charge < -0.3 is 14.2 Å². The van der Waals surface area contributed by atoms with E-state index in [4.69, 9.17) is 19.5 Å². The number of amides is 2. The topological polar surface area (TPSA) is 88.9 Å². The molecule has 0 aliphatic carbocycles. The quantitative estimate of drug-likeness (QED) is 0.591. The Balaban J connectivity index is 1.65. The minimum Gasteiger partial charge on any atom is -0.493 e. The molecule has 3 rings (SSSR count). The summed E-state index contributed by atoms with van der Waals surface area (Å²) in [5.41, 5.74) is 1.80. The SMILES string of the molecule is COc1cc(/C=C2\SC(=O)N(CCOc3ccc(C)cc3)C2=O)ccc1OCC#N. The third-order valence-electron chi connectivity index (χ3n) is 4.26. The average Bonchev–Trinajstić information content (AvgIpc) is 3.01. The molecular formula is C22H20N2O5S. The van der Waals surface area contributed by atoms with Crippen molar-refractivity contribution in [1.29, 1.82) is 5.26 Å². The number of hydrogen-bond acceptors (Lipinski definition) is 7. The Bertz CT molecular complexity index is 1010. The summed E-state index contributed by atoms with van der Waals surface area (Å²) in [5, 5.41) is 8.31. The first-order valence-electron chi connectivity index (χ1n) is 9.14. The molecule has 0 N–H and O–H groups in total. The Hall–Kier alpha value is -3.44. The molecule has 1 saturated heterocycles. The molecule has 0 radical (unpaired) electrons. The zero-order valence-electron chi connectivity index (χ0n) is 16.6. The molecule has 30 heavy (non-hydrogen) atoms. The monoisotopic (exact) mass is 424 g/mol. The van der Waals surface area contributed by atoms with Crippen molar-refractivity contribution in [3.63, 3.8) is 0 Å². The summed E-state index contributed by atoms with van der Waals surface area (Å²) in [6.07, 6.45) is 1.63. The maximum atomic E-state index is 12.6. The minimum absolute atomic E-state index is 0.0980. The van der Waals surface area contributed by atoms with Crippen LogP contribution in [-0.2, 0) is 4.79 Å². The fraction of sp³-hybridized carbons (Fsp3) is 0.227. The summed E-state index contributed by atoms with van der Waals surface area (Å²) < 4.78 is 16.2. The summed E-state index contributed by atoms with van der Waals surface area (Å²) in [7, 11) is 1.49. The van der Waals surface area contributed by atoms with E-state index in [1.54, 1.807) is 24.3 Å². The number of thioether (sulfide) groups is 1. The van der Waals surface area contributed by atoms with Crippen molar-refractivity contribution in [1.82, 2.24) is 4.90 Å². The van der Waals surface area contributed by atoms with Crippen LogP contribution in [0.5, 0.6) is 17.2 Å². The number of imide groups is 1. The molecule has 154 valence electrons. The number of carbonyl (C=O) groups excluding carboxylic acids is 2. The van der Waals surface area contributed by atoms with E-state index >= 15 is 0 Å². The summed E-state index contributed by atoms with van der Waals surface area (Å²) in [4.78, 5) is 26.4. The Morgan fingerprint density at radius 2 is 1.87 bits per heavy atom. The van der Waals surface area contributed by atoms with Crippen molar-refractivity contribution in [2.75, 3.05) is 26.9 Å². The number of carbonyl (C=O) groups is 2. The first-order chi connectivity index (χ1) is 14.5. The van der Waals surface area contributed by atoms with Crippen LogP contribution < -0.4 is 14.2 Å². The largest absolute Gasteiger partial charge is 0.493 e. The number of ether oxygens (including phenoxy) is 3. The lowest BCUT2D eigenvalue weighted by Crippen LogP contribution is -2.32. The molecule has 1 heterocycles. The van der Waals surface area contributed by atoms with Crippen molar-refractivity contribution in [3.8, 4) is 23.3 Å². The van der Waals surface area contributed by atoms with Gasteiger partial charge in [-0.05, 0) is 54.6 Å². The third kappa shape index (κ3) is 5.13. The molecule has 2 aromatic rings. The molecule has 1 aliphatic heterocycles. The van der Waals surface area contributed by atoms with Crippen LogP contribution in [0.3, 0.4) is 0 Å². The van der Waals surface area contributed by atoms with Gasteiger partial charge in [0.2, 0.25) is 0 Å². The molecule has 0 unspecified atom stereocenters. The summed E-state index contributed by atoms with van der Waals surface area (Å²) >= 11 is 0.884. The standard InChI is InChI=1S/C22H20N2O5S/c1-15-3-6-17(7-4-15)28-12-10-24-21(25)20(30-22(24)26)14-16-5-8-18(29-11-9-23)19(13-16)27-2/h3-8,13-14H,10-12H2,1-2H3/b20-14-. The van der Waals surface area contributed by atoms with Gasteiger partial charge in [-0.25, -0.2) is 0 Å². The molecule has 0 bridgehead atoms. The predicted molar refractivity (Wildman–Crippen MR) is 113 cm³/mol. The second-order valence-electron chi connectivity index (χ2n) is 6.35. The molecule has 7 nitrogen and oxygen atoms in total. The van der Waals surface area contributed by atoms with Crippen molar-refractivity contribution < 1.29 is 23.8 Å². The molecule has 0 saturated carbocycles. The summed E-state index contributed by atoms with van der Waals surface area (Å²) in [6.45, 7) is 2.27. The van der Waals surface area contributed by atoms with Crippen LogP contribution in [0.4, 0.5) is 4.79 Å². The Morgan fingerprint density at radius 3 is 2.57 bits per heavy atom. The van der Waals surface area contributed by atoms with Crippen LogP contribution in [0, 0.1) is 18.3 Å².